The summed E-state index contributed by atoms with van der Waals surface area (Å²) in [7, 11) is 0. The molecule has 0 aliphatic heterocycles. The lowest BCUT2D eigenvalue weighted by Crippen LogP contribution is -2.27. The third-order valence-corrected chi connectivity index (χ3v) is 11.1. The van der Waals surface area contributed by atoms with Crippen LogP contribution in [0.1, 0.15) is 240 Å². The van der Waals surface area contributed by atoms with Crippen LogP contribution in [-0.2, 0) is 19.1 Å². The molecule has 53 heavy (non-hydrogen) atoms. The first-order valence-corrected chi connectivity index (χ1v) is 23.6. The molecule has 0 aromatic heterocycles. The zero-order valence-electron chi connectivity index (χ0n) is 36.3. The van der Waals surface area contributed by atoms with Crippen molar-refractivity contribution in [2.75, 3.05) is 39.5 Å². The van der Waals surface area contributed by atoms with Crippen LogP contribution in [0.15, 0.2) is 0 Å². The molecule has 0 radical (unpaired) electrons. The number of carbonyl (C=O) groups is 2. The van der Waals surface area contributed by atoms with Crippen LogP contribution < -0.4 is 0 Å². The summed E-state index contributed by atoms with van der Waals surface area (Å²) in [4.78, 5) is 27.1. The van der Waals surface area contributed by atoms with Crippen LogP contribution in [0.2, 0.25) is 0 Å². The summed E-state index contributed by atoms with van der Waals surface area (Å²) in [6.45, 7) is 13.8. The first kappa shape index (κ1) is 51.9. The molecule has 0 bridgehead atoms. The van der Waals surface area contributed by atoms with Crippen LogP contribution in [0.5, 0.6) is 0 Å². The molecule has 0 saturated carbocycles. The summed E-state index contributed by atoms with van der Waals surface area (Å²) in [5.74, 6) is 1.20. The SMILES string of the molecule is CCCCCCCCCCC(=O)OCC(C)CCCCCN(CCCCO)CCCCCCCC(=O)OCCCC(CCCCCC)CCCCCC. The molecule has 1 atom stereocenters. The van der Waals surface area contributed by atoms with Crippen molar-refractivity contribution in [3.05, 3.63) is 0 Å². The van der Waals surface area contributed by atoms with E-state index in [1.54, 1.807) is 0 Å². The van der Waals surface area contributed by atoms with Crippen LogP contribution >= 0.6 is 0 Å². The van der Waals surface area contributed by atoms with Gasteiger partial charge in [0.25, 0.3) is 0 Å². The second kappa shape index (κ2) is 42.0. The summed E-state index contributed by atoms with van der Waals surface area (Å²) in [6, 6.07) is 0. The standard InChI is InChI=1S/C47H93NO5/c1-5-8-11-14-15-16-18-26-37-47(51)53-43-44(4)32-22-21-28-39-48(40-29-30-41-49)38-27-20-17-19-25-36-46(50)52-42-31-35-45(33-23-12-9-6-2)34-24-13-10-7-3/h44-45,49H,5-43H2,1-4H3. The number of nitrogens with zero attached hydrogens (tertiary/aromatic N) is 1. The number of unbranched alkanes of at least 4 members (excludes halogenated alkanes) is 20. The van der Waals surface area contributed by atoms with Crippen molar-refractivity contribution in [1.82, 2.24) is 4.90 Å². The van der Waals surface area contributed by atoms with Crippen molar-refractivity contribution in [1.29, 1.82) is 0 Å². The van der Waals surface area contributed by atoms with Crippen LogP contribution in [0.25, 0.3) is 0 Å². The summed E-state index contributed by atoms with van der Waals surface area (Å²) in [5, 5.41) is 9.27. The highest BCUT2D eigenvalue weighted by Crippen LogP contribution is 2.23. The van der Waals surface area contributed by atoms with E-state index in [-0.39, 0.29) is 18.5 Å². The van der Waals surface area contributed by atoms with Crippen molar-refractivity contribution in [3.8, 4) is 0 Å². The van der Waals surface area contributed by atoms with Gasteiger partial charge in [-0.3, -0.25) is 9.59 Å². The van der Waals surface area contributed by atoms with Crippen molar-refractivity contribution in [2.45, 2.75) is 240 Å². The van der Waals surface area contributed by atoms with Gasteiger partial charge in [0.2, 0.25) is 0 Å². The Morgan fingerprint density at radius 3 is 1.40 bits per heavy atom. The van der Waals surface area contributed by atoms with Gasteiger partial charge in [-0.15, -0.1) is 0 Å². The van der Waals surface area contributed by atoms with Crippen LogP contribution in [0.3, 0.4) is 0 Å². The minimum atomic E-state index is -0.0190. The Morgan fingerprint density at radius 1 is 0.472 bits per heavy atom. The smallest absolute Gasteiger partial charge is 0.305 e. The molecular weight excluding hydrogens is 659 g/mol. The highest BCUT2D eigenvalue weighted by Gasteiger charge is 2.11. The van der Waals surface area contributed by atoms with Gasteiger partial charge in [0.05, 0.1) is 13.2 Å². The Hall–Kier alpha value is -1.14. The van der Waals surface area contributed by atoms with Gasteiger partial charge in [-0.05, 0) is 89.3 Å². The predicted octanol–water partition coefficient (Wildman–Crippen LogP) is 13.6. The monoisotopic (exact) mass is 752 g/mol. The van der Waals surface area contributed by atoms with E-state index >= 15 is 0 Å². The molecule has 0 aromatic carbocycles. The first-order chi connectivity index (χ1) is 26.0. The minimum absolute atomic E-state index is 0.00741. The minimum Gasteiger partial charge on any atom is -0.466 e. The molecule has 0 saturated heterocycles. The summed E-state index contributed by atoms with van der Waals surface area (Å²) in [5.41, 5.74) is 0. The average Bonchev–Trinajstić information content (AvgIpc) is 3.15. The first-order valence-electron chi connectivity index (χ1n) is 23.6. The van der Waals surface area contributed by atoms with Crippen LogP contribution in [0.4, 0.5) is 0 Å². The van der Waals surface area contributed by atoms with Gasteiger partial charge in [0.15, 0.2) is 0 Å². The lowest BCUT2D eigenvalue weighted by molar-refractivity contribution is -0.145. The average molecular weight is 752 g/mol. The molecule has 316 valence electrons. The topological polar surface area (TPSA) is 76.1 Å². The predicted molar refractivity (Wildman–Crippen MR) is 227 cm³/mol. The Kier molecular flexibility index (Phi) is 41.1. The van der Waals surface area contributed by atoms with Crippen molar-refractivity contribution in [3.63, 3.8) is 0 Å². The lowest BCUT2D eigenvalue weighted by atomic mass is 9.91. The Labute approximate surface area is 331 Å². The van der Waals surface area contributed by atoms with Crippen LogP contribution in [0, 0.1) is 11.8 Å². The molecule has 0 aliphatic carbocycles. The molecule has 1 unspecified atom stereocenters. The highest BCUT2D eigenvalue weighted by molar-refractivity contribution is 5.69. The summed E-state index contributed by atoms with van der Waals surface area (Å²) < 4.78 is 11.2. The van der Waals surface area contributed by atoms with Gasteiger partial charge >= 0.3 is 11.9 Å². The fourth-order valence-corrected chi connectivity index (χ4v) is 7.50. The molecule has 0 aliphatic rings. The van der Waals surface area contributed by atoms with Crippen molar-refractivity contribution < 1.29 is 24.2 Å². The number of aliphatic hydroxyl groups is 1. The van der Waals surface area contributed by atoms with Crippen molar-refractivity contribution in [2.24, 2.45) is 11.8 Å². The van der Waals surface area contributed by atoms with Gasteiger partial charge in [0, 0.05) is 19.4 Å². The number of rotatable bonds is 43. The molecule has 1 N–H and O–H groups in total. The zero-order valence-corrected chi connectivity index (χ0v) is 36.3. The molecule has 0 fully saturated rings. The van der Waals surface area contributed by atoms with Gasteiger partial charge in [0.1, 0.15) is 0 Å². The maximum Gasteiger partial charge on any atom is 0.305 e. The van der Waals surface area contributed by atoms with Crippen molar-refractivity contribution >= 4 is 11.9 Å². The fraction of sp³-hybridized carbons (Fsp3) is 0.957. The van der Waals surface area contributed by atoms with Gasteiger partial charge in [-0.25, -0.2) is 0 Å². The third kappa shape index (κ3) is 38.9. The Bertz CT molecular complexity index is 749. The molecule has 0 aromatic rings. The van der Waals surface area contributed by atoms with E-state index in [9.17, 15) is 14.7 Å². The van der Waals surface area contributed by atoms with Gasteiger partial charge < -0.3 is 19.5 Å². The number of ether oxygens (including phenoxy) is 2. The number of aliphatic hydroxyl groups excluding tert-OH is 1. The van der Waals surface area contributed by atoms with Gasteiger partial charge in [-0.2, -0.15) is 0 Å². The quantitative estimate of drug-likeness (QED) is 0.0494. The highest BCUT2D eigenvalue weighted by atomic mass is 16.5. The molecule has 0 amide bonds. The summed E-state index contributed by atoms with van der Waals surface area (Å²) >= 11 is 0. The number of carbonyl (C=O) groups excluding carboxylic acids is 2. The van der Waals surface area contributed by atoms with Gasteiger partial charge in [-0.1, -0.05) is 169 Å². The van der Waals surface area contributed by atoms with E-state index in [1.165, 1.54) is 148 Å². The van der Waals surface area contributed by atoms with E-state index in [0.717, 1.165) is 76.9 Å². The van der Waals surface area contributed by atoms with E-state index in [4.69, 9.17) is 9.47 Å². The molecule has 0 spiro atoms. The molecule has 0 heterocycles. The lowest BCUT2D eigenvalue weighted by Gasteiger charge is -2.22. The second-order valence-corrected chi connectivity index (χ2v) is 16.6. The Morgan fingerprint density at radius 2 is 0.868 bits per heavy atom. The maximum absolute atomic E-state index is 12.3. The molecule has 6 nitrogen and oxygen atoms in total. The maximum atomic E-state index is 12.3. The largest absolute Gasteiger partial charge is 0.466 e. The molecule has 6 heteroatoms. The second-order valence-electron chi connectivity index (χ2n) is 16.6. The number of hydrogen-bond donors (Lipinski definition) is 1. The third-order valence-electron chi connectivity index (χ3n) is 11.1. The Balaban J connectivity index is 3.99. The van der Waals surface area contributed by atoms with E-state index < -0.39 is 0 Å². The molecular formula is C47H93NO5. The summed E-state index contributed by atoms with van der Waals surface area (Å²) in [6.07, 6.45) is 39.0. The number of hydrogen-bond acceptors (Lipinski definition) is 6. The fourth-order valence-electron chi connectivity index (χ4n) is 7.50. The van der Waals surface area contributed by atoms with Crippen LogP contribution in [-0.4, -0.2) is 61.4 Å². The zero-order chi connectivity index (χ0) is 38.9. The van der Waals surface area contributed by atoms with E-state index in [1.807, 2.05) is 0 Å². The van der Waals surface area contributed by atoms with E-state index in [2.05, 4.69) is 32.6 Å². The van der Waals surface area contributed by atoms with E-state index in [0.29, 0.717) is 32.0 Å². The number of esters is 2. The normalized spacial score (nSPS) is 12.2. The molecule has 0 rings (SSSR count).